The van der Waals surface area contributed by atoms with E-state index in [1.165, 1.54) is 0 Å². The lowest BCUT2D eigenvalue weighted by Crippen LogP contribution is -2.54. The number of nitrogens with one attached hydrogen (secondary N) is 1. The zero-order valence-corrected chi connectivity index (χ0v) is 7.90. The lowest BCUT2D eigenvalue weighted by Gasteiger charge is -1.89. The van der Waals surface area contributed by atoms with Gasteiger partial charge in [0.15, 0.2) is 5.69 Å². The first-order valence-electron chi connectivity index (χ1n) is 4.70. The summed E-state index contributed by atoms with van der Waals surface area (Å²) in [7, 11) is 0. The monoisotopic (exact) mass is 196 g/mol. The smallest absolute Gasteiger partial charge is 0.196 e. The van der Waals surface area contributed by atoms with Gasteiger partial charge in [0.1, 0.15) is 11.2 Å². The second-order valence-electron chi connectivity index (χ2n) is 3.42. The number of nitrogens with zero attached hydrogens (tertiary/aromatic N) is 1. The van der Waals surface area contributed by atoms with Crippen molar-refractivity contribution in [2.75, 3.05) is 0 Å². The third kappa shape index (κ3) is 1.13. The minimum absolute atomic E-state index is 0.626. The zero-order valence-electron chi connectivity index (χ0n) is 7.90. The second-order valence-corrected chi connectivity index (χ2v) is 3.42. The summed E-state index contributed by atoms with van der Waals surface area (Å²) in [6.07, 6.45) is 0. The molecule has 2 aromatic carbocycles. The first-order valence-corrected chi connectivity index (χ1v) is 4.70. The average molecular weight is 196 g/mol. The number of benzene rings is 2. The molecule has 0 aliphatic heterocycles. The first kappa shape index (κ1) is 8.17. The lowest BCUT2D eigenvalue weighted by molar-refractivity contribution is -0.379. The fourth-order valence-electron chi connectivity index (χ4n) is 1.80. The highest BCUT2D eigenvalue weighted by molar-refractivity contribution is 6.05. The van der Waals surface area contributed by atoms with Gasteiger partial charge in [0.05, 0.1) is 6.07 Å². The molecule has 3 rings (SSSR count). The fraction of sp³-hybridized carbons (Fsp3) is 0. The van der Waals surface area contributed by atoms with Crippen LogP contribution in [-0.2, 0) is 0 Å². The van der Waals surface area contributed by atoms with Crippen molar-refractivity contribution in [1.82, 2.24) is 0 Å². The normalized spacial score (nSPS) is 10.9. The lowest BCUT2D eigenvalue weighted by atomic mass is 10.1. The maximum absolute atomic E-state index is 8.78. The van der Waals surface area contributed by atoms with Gasteiger partial charge in [-0.2, -0.15) is 0 Å². The topological polar surface area (TPSA) is 49.4 Å². The van der Waals surface area contributed by atoms with E-state index in [2.05, 4.69) is 5.11 Å². The Morgan fingerprint density at radius 1 is 0.933 bits per heavy atom. The predicted octanol–water partition coefficient (Wildman–Crippen LogP) is 2.32. The highest BCUT2D eigenvalue weighted by Gasteiger charge is 2.06. The highest BCUT2D eigenvalue weighted by atomic mass is 16.3. The number of para-hydroxylation sites is 1. The van der Waals surface area contributed by atoms with Crippen molar-refractivity contribution in [2.45, 2.75) is 0 Å². The third-order valence-corrected chi connectivity index (χ3v) is 2.51. The highest BCUT2D eigenvalue weighted by Crippen LogP contribution is 2.29. The van der Waals surface area contributed by atoms with Crippen LogP contribution in [0, 0.1) is 0 Å². The van der Waals surface area contributed by atoms with Crippen molar-refractivity contribution in [3.63, 3.8) is 0 Å². The van der Waals surface area contributed by atoms with E-state index in [-0.39, 0.29) is 0 Å². The molecule has 3 nitrogen and oxygen atoms in total. The van der Waals surface area contributed by atoms with Gasteiger partial charge >= 0.3 is 0 Å². The number of rotatable bonds is 1. The van der Waals surface area contributed by atoms with E-state index in [0.29, 0.717) is 5.69 Å². The first-order chi connectivity index (χ1) is 7.38. The van der Waals surface area contributed by atoms with E-state index >= 15 is 0 Å². The molecule has 1 N–H and O–H groups in total. The van der Waals surface area contributed by atoms with E-state index in [1.807, 2.05) is 36.4 Å². The van der Waals surface area contributed by atoms with Gasteiger partial charge in [-0.15, -0.1) is 0 Å². The third-order valence-electron chi connectivity index (χ3n) is 2.51. The molecule has 0 saturated heterocycles. The Kier molecular flexibility index (Phi) is 1.59. The quantitative estimate of drug-likeness (QED) is 0.596. The van der Waals surface area contributed by atoms with Crippen LogP contribution >= 0.6 is 0 Å². The zero-order chi connectivity index (χ0) is 10.3. The largest absolute Gasteiger partial charge is 0.502 e. The van der Waals surface area contributed by atoms with Crippen LogP contribution in [0.4, 0.5) is 5.69 Å². The molecule has 72 valence electrons. The van der Waals surface area contributed by atoms with Gasteiger partial charge in [0.25, 0.3) is 0 Å². The summed E-state index contributed by atoms with van der Waals surface area (Å²) in [5.74, 6) is 0. The van der Waals surface area contributed by atoms with Crippen LogP contribution in [0.25, 0.3) is 27.5 Å². The molecular weight excluding hydrogens is 188 g/mol. The van der Waals surface area contributed by atoms with Crippen molar-refractivity contribution >= 4 is 27.6 Å². The molecule has 0 spiro atoms. The maximum atomic E-state index is 8.78. The molecule has 3 aromatic rings. The SMILES string of the molecule is [N-]=[NH+]c1ccc2c(c1)oc1ccccc12. The number of hydrogen-bond donors (Lipinski definition) is 1. The van der Waals surface area contributed by atoms with E-state index in [1.54, 1.807) is 6.07 Å². The molecule has 0 amide bonds. The van der Waals surface area contributed by atoms with Crippen LogP contribution < -0.4 is 5.11 Å². The summed E-state index contributed by atoms with van der Waals surface area (Å²) in [5, 5.41) is 4.26. The number of fused-ring (bicyclic) bond motifs is 3. The van der Waals surface area contributed by atoms with Crippen LogP contribution in [0.1, 0.15) is 0 Å². The van der Waals surface area contributed by atoms with E-state index in [4.69, 9.17) is 9.95 Å². The molecule has 15 heavy (non-hydrogen) atoms. The number of furan rings is 1. The van der Waals surface area contributed by atoms with Crippen molar-refractivity contribution in [2.24, 2.45) is 0 Å². The Bertz CT molecular complexity index is 655. The van der Waals surface area contributed by atoms with Crippen LogP contribution in [0.3, 0.4) is 0 Å². The Morgan fingerprint density at radius 3 is 2.60 bits per heavy atom. The van der Waals surface area contributed by atoms with Crippen molar-refractivity contribution in [3.8, 4) is 0 Å². The van der Waals surface area contributed by atoms with Crippen molar-refractivity contribution < 1.29 is 9.53 Å². The Morgan fingerprint density at radius 2 is 1.73 bits per heavy atom. The van der Waals surface area contributed by atoms with Gasteiger partial charge < -0.3 is 9.95 Å². The molecule has 0 aliphatic rings. The standard InChI is InChI=1S/C12H8N2O/c13-14-8-5-6-10-9-3-1-2-4-11(9)15-12(10)7-8/h1-7,14H. The van der Waals surface area contributed by atoms with Crippen molar-refractivity contribution in [3.05, 3.63) is 48.0 Å². The summed E-state index contributed by atoms with van der Waals surface area (Å²) >= 11 is 0. The molecule has 0 radical (unpaired) electrons. The molecule has 3 heteroatoms. The summed E-state index contributed by atoms with van der Waals surface area (Å²) in [6, 6.07) is 13.4. The molecule has 1 aromatic heterocycles. The minimum Gasteiger partial charge on any atom is -0.502 e. The molecule has 0 unspecified atom stereocenters. The van der Waals surface area contributed by atoms with E-state index in [9.17, 15) is 0 Å². The Hall–Kier alpha value is -2.16. The molecule has 0 atom stereocenters. The minimum atomic E-state index is 0.626. The molecule has 0 bridgehead atoms. The van der Waals surface area contributed by atoms with Gasteiger partial charge in [0, 0.05) is 16.8 Å². The summed E-state index contributed by atoms with van der Waals surface area (Å²) in [4.78, 5) is 0. The fourth-order valence-corrected chi connectivity index (χ4v) is 1.80. The van der Waals surface area contributed by atoms with E-state index in [0.717, 1.165) is 21.9 Å². The summed E-state index contributed by atoms with van der Waals surface area (Å²) in [5.41, 5.74) is 11.0. The molecule has 0 saturated carbocycles. The Labute approximate surface area is 85.8 Å². The molecule has 1 heterocycles. The maximum Gasteiger partial charge on any atom is 0.196 e. The molecule has 0 fully saturated rings. The predicted molar refractivity (Wildman–Crippen MR) is 57.7 cm³/mol. The van der Waals surface area contributed by atoms with Gasteiger partial charge in [0.2, 0.25) is 0 Å². The summed E-state index contributed by atoms with van der Waals surface area (Å²) in [6.45, 7) is 0. The van der Waals surface area contributed by atoms with Gasteiger partial charge in [-0.1, -0.05) is 18.2 Å². The molecule has 0 aliphatic carbocycles. The van der Waals surface area contributed by atoms with Gasteiger partial charge in [-0.05, 0) is 12.1 Å². The summed E-state index contributed by atoms with van der Waals surface area (Å²) < 4.78 is 5.64. The second kappa shape index (κ2) is 2.92. The van der Waals surface area contributed by atoms with Crippen molar-refractivity contribution in [1.29, 1.82) is 0 Å². The molecular formula is C12H8N2O. The van der Waals surface area contributed by atoms with Gasteiger partial charge in [-0.3, -0.25) is 5.11 Å². The van der Waals surface area contributed by atoms with Crippen LogP contribution in [0.15, 0.2) is 46.9 Å². The average Bonchev–Trinajstić information content (AvgIpc) is 2.66. The van der Waals surface area contributed by atoms with Crippen LogP contribution in [0.2, 0.25) is 0 Å². The number of hydrogen-bond acceptors (Lipinski definition) is 1. The Balaban J connectivity index is 2.48. The van der Waals surface area contributed by atoms with Crippen LogP contribution in [-0.4, -0.2) is 0 Å². The van der Waals surface area contributed by atoms with E-state index < -0.39 is 0 Å². The van der Waals surface area contributed by atoms with Gasteiger partial charge in [-0.25, -0.2) is 0 Å². The van der Waals surface area contributed by atoms with Crippen LogP contribution in [0.5, 0.6) is 0 Å².